The third-order valence-corrected chi connectivity index (χ3v) is 9.15. The predicted molar refractivity (Wildman–Crippen MR) is 161 cm³/mol. The number of aromatic nitrogens is 3. The quantitative estimate of drug-likeness (QED) is 0.204. The maximum atomic E-state index is 16.6. The number of anilines is 1. The molecule has 244 valence electrons. The summed E-state index contributed by atoms with van der Waals surface area (Å²) < 4.78 is 92.4. The second-order valence-corrected chi connectivity index (χ2v) is 12.2. The molecule has 0 aliphatic carbocycles. The molecule has 6 rings (SSSR count). The van der Waals surface area contributed by atoms with E-state index in [1.807, 2.05) is 11.9 Å². The minimum Gasteiger partial charge on any atom is -0.472 e. The van der Waals surface area contributed by atoms with Crippen LogP contribution < -0.4 is 15.2 Å². The highest BCUT2D eigenvalue weighted by molar-refractivity contribution is 7.22. The Morgan fingerprint density at radius 2 is 1.96 bits per heavy atom. The van der Waals surface area contributed by atoms with Crippen LogP contribution in [0.15, 0.2) is 30.9 Å². The van der Waals surface area contributed by atoms with Crippen molar-refractivity contribution in [1.29, 1.82) is 0 Å². The van der Waals surface area contributed by atoms with Crippen LogP contribution in [-0.4, -0.2) is 89.3 Å². The fourth-order valence-corrected chi connectivity index (χ4v) is 6.66. The van der Waals surface area contributed by atoms with Gasteiger partial charge in [-0.15, -0.1) is 0 Å². The highest BCUT2D eigenvalue weighted by Crippen LogP contribution is 2.46. The van der Waals surface area contributed by atoms with Gasteiger partial charge in [0.25, 0.3) is 0 Å². The van der Waals surface area contributed by atoms with E-state index in [-0.39, 0.29) is 69.4 Å². The van der Waals surface area contributed by atoms with Gasteiger partial charge in [0.1, 0.15) is 24.0 Å². The zero-order valence-corrected chi connectivity index (χ0v) is 25.6. The molecule has 4 heterocycles. The first-order chi connectivity index (χ1) is 21.9. The first-order valence-electron chi connectivity index (χ1n) is 14.3. The Kier molecular flexibility index (Phi) is 8.45. The van der Waals surface area contributed by atoms with Crippen molar-refractivity contribution in [2.24, 2.45) is 0 Å². The molecule has 2 fully saturated rings. The van der Waals surface area contributed by atoms with E-state index in [4.69, 9.17) is 19.9 Å². The van der Waals surface area contributed by atoms with Crippen LogP contribution in [0, 0.1) is 11.6 Å². The van der Waals surface area contributed by atoms with Crippen LogP contribution in [0.3, 0.4) is 0 Å². The molecule has 16 heteroatoms. The molecule has 10 nitrogen and oxygen atoms in total. The molecule has 2 aromatic heterocycles. The van der Waals surface area contributed by atoms with Crippen molar-refractivity contribution in [2.75, 3.05) is 46.1 Å². The lowest BCUT2D eigenvalue weighted by Gasteiger charge is -2.21. The molecular formula is C30H29F5N6O4S. The smallest absolute Gasteiger partial charge is 0.417 e. The van der Waals surface area contributed by atoms with Gasteiger partial charge in [0.15, 0.2) is 10.9 Å². The topological polar surface area (TPSA) is 116 Å². The SMILES string of the molecule is C=CC(=O)N1CC[C@@H](Oc2nc(OC[C@@H]3C[C@@H](OC)CN3C)nc3c(F)c(-c4ccc(F)c5sc(N)nc45)c(C(F)(F)F)cc23)C1. The second-order valence-electron chi connectivity index (χ2n) is 11.2. The summed E-state index contributed by atoms with van der Waals surface area (Å²) in [4.78, 5) is 28.1. The second kappa shape index (κ2) is 12.2. The largest absolute Gasteiger partial charge is 0.472 e. The monoisotopic (exact) mass is 664 g/mol. The Labute approximate surface area is 263 Å². The number of alkyl halides is 3. The normalized spacial score (nSPS) is 20.6. The van der Waals surface area contributed by atoms with Crippen molar-refractivity contribution in [2.45, 2.75) is 37.3 Å². The van der Waals surface area contributed by atoms with Gasteiger partial charge in [0, 0.05) is 43.8 Å². The Morgan fingerprint density at radius 3 is 2.65 bits per heavy atom. The van der Waals surface area contributed by atoms with Gasteiger partial charge >= 0.3 is 12.2 Å². The highest BCUT2D eigenvalue weighted by atomic mass is 32.1. The molecule has 4 aromatic rings. The van der Waals surface area contributed by atoms with Crippen LogP contribution in [-0.2, 0) is 15.7 Å². The molecule has 0 saturated carbocycles. The van der Waals surface area contributed by atoms with Crippen molar-refractivity contribution in [3.05, 3.63) is 48.1 Å². The molecule has 0 spiro atoms. The van der Waals surface area contributed by atoms with Gasteiger partial charge in [0.05, 0.1) is 33.8 Å². The zero-order chi connectivity index (χ0) is 32.9. The number of ether oxygens (including phenoxy) is 3. The molecule has 2 N–H and O–H groups in total. The summed E-state index contributed by atoms with van der Waals surface area (Å²) in [6.45, 7) is 4.65. The number of likely N-dealkylation sites (N-methyl/N-ethyl adjacent to an activating group) is 1. The number of nitrogens with two attached hydrogens (primary N) is 1. The maximum absolute atomic E-state index is 16.6. The Bertz CT molecular complexity index is 1840. The molecule has 2 aliphatic heterocycles. The van der Waals surface area contributed by atoms with Crippen LogP contribution in [0.1, 0.15) is 18.4 Å². The summed E-state index contributed by atoms with van der Waals surface area (Å²) in [5.74, 6) is -2.79. The van der Waals surface area contributed by atoms with Gasteiger partial charge in [-0.3, -0.25) is 9.69 Å². The zero-order valence-electron chi connectivity index (χ0n) is 24.7. The van der Waals surface area contributed by atoms with Gasteiger partial charge in [-0.25, -0.2) is 13.8 Å². The van der Waals surface area contributed by atoms with E-state index in [2.05, 4.69) is 21.5 Å². The lowest BCUT2D eigenvalue weighted by molar-refractivity contribution is -0.137. The first-order valence-corrected chi connectivity index (χ1v) is 15.1. The summed E-state index contributed by atoms with van der Waals surface area (Å²) in [6, 6.07) is 2.24. The predicted octanol–water partition coefficient (Wildman–Crippen LogP) is 5.05. The number of benzene rings is 2. The summed E-state index contributed by atoms with van der Waals surface area (Å²) in [5.41, 5.74) is 2.47. The number of thiazole rings is 1. The number of fused-ring (bicyclic) bond motifs is 2. The average Bonchev–Trinajstić information content (AvgIpc) is 3.74. The number of carbonyl (C=O) groups is 1. The summed E-state index contributed by atoms with van der Waals surface area (Å²) >= 11 is 0.733. The Hall–Kier alpha value is -4.15. The van der Waals surface area contributed by atoms with Crippen LogP contribution in [0.5, 0.6) is 11.9 Å². The van der Waals surface area contributed by atoms with Crippen molar-refractivity contribution < 1.29 is 41.0 Å². The third-order valence-electron chi connectivity index (χ3n) is 8.26. The maximum Gasteiger partial charge on any atom is 0.417 e. The summed E-state index contributed by atoms with van der Waals surface area (Å²) in [6.07, 6.45) is -3.61. The minimum atomic E-state index is -5.06. The minimum absolute atomic E-state index is 0.0216. The number of carbonyl (C=O) groups excluding carboxylic acids is 1. The van der Waals surface area contributed by atoms with Crippen LogP contribution in [0.25, 0.3) is 32.2 Å². The van der Waals surface area contributed by atoms with Crippen LogP contribution >= 0.6 is 11.3 Å². The molecule has 0 bridgehead atoms. The van der Waals surface area contributed by atoms with Gasteiger partial charge in [-0.2, -0.15) is 23.1 Å². The number of likely N-dealkylation sites (tertiary alicyclic amines) is 2. The lowest BCUT2D eigenvalue weighted by atomic mass is 9.95. The van der Waals surface area contributed by atoms with E-state index in [9.17, 15) is 22.4 Å². The fraction of sp³-hybridized carbons (Fsp3) is 0.400. The summed E-state index contributed by atoms with van der Waals surface area (Å²) in [7, 11) is 3.49. The third kappa shape index (κ3) is 5.91. The van der Waals surface area contributed by atoms with E-state index in [0.717, 1.165) is 29.5 Å². The lowest BCUT2D eigenvalue weighted by Crippen LogP contribution is -2.31. The van der Waals surface area contributed by atoms with Crippen molar-refractivity contribution in [3.8, 4) is 23.0 Å². The fourth-order valence-electron chi connectivity index (χ4n) is 5.89. The van der Waals surface area contributed by atoms with E-state index in [1.54, 1.807) is 7.11 Å². The Morgan fingerprint density at radius 1 is 1.17 bits per heavy atom. The number of rotatable bonds is 8. The highest BCUT2D eigenvalue weighted by Gasteiger charge is 2.39. The van der Waals surface area contributed by atoms with E-state index in [1.165, 1.54) is 4.90 Å². The molecule has 46 heavy (non-hydrogen) atoms. The van der Waals surface area contributed by atoms with E-state index in [0.29, 0.717) is 32.0 Å². The number of nitrogen functional groups attached to an aromatic ring is 1. The van der Waals surface area contributed by atoms with Gasteiger partial charge < -0.3 is 24.8 Å². The molecule has 0 radical (unpaired) electrons. The molecule has 2 aromatic carbocycles. The number of methoxy groups -OCH3 is 1. The number of hydrogen-bond acceptors (Lipinski definition) is 10. The van der Waals surface area contributed by atoms with Gasteiger partial charge in [0.2, 0.25) is 11.8 Å². The van der Waals surface area contributed by atoms with E-state index >= 15 is 4.39 Å². The van der Waals surface area contributed by atoms with Crippen LogP contribution in [0.4, 0.5) is 27.1 Å². The van der Waals surface area contributed by atoms with Gasteiger partial charge in [-0.1, -0.05) is 17.9 Å². The van der Waals surface area contributed by atoms with E-state index < -0.39 is 40.6 Å². The Balaban J connectivity index is 1.50. The van der Waals surface area contributed by atoms with Gasteiger partial charge in [-0.05, 0) is 37.7 Å². The first kappa shape index (κ1) is 31.8. The molecule has 1 amide bonds. The van der Waals surface area contributed by atoms with Crippen LogP contribution in [0.2, 0.25) is 0 Å². The standard InChI is InChI=1S/C30H29F5N6O4S/c1-4-21(42)41-8-7-15(12-41)45-27-18-10-19(30(33,34)35)22(17-5-6-20(31)26-25(17)37-28(36)46-26)23(32)24(18)38-29(39-27)44-13-14-9-16(43-3)11-40(14)2/h4-6,10,14-16H,1,7-9,11-13H2,2-3H3,(H2,36,37)/t14-,15+,16+/m0/s1. The molecular weight excluding hydrogens is 635 g/mol. The molecule has 0 unspecified atom stereocenters. The number of halogens is 5. The summed E-state index contributed by atoms with van der Waals surface area (Å²) in [5, 5.41) is -0.457. The van der Waals surface area contributed by atoms with Crippen molar-refractivity contribution in [1.82, 2.24) is 24.8 Å². The van der Waals surface area contributed by atoms with Crippen molar-refractivity contribution >= 4 is 43.5 Å². The average molecular weight is 665 g/mol. The number of nitrogens with zero attached hydrogens (tertiary/aromatic N) is 5. The molecule has 2 aliphatic rings. The number of hydrogen-bond donors (Lipinski definition) is 1. The molecule has 3 atom stereocenters. The number of amides is 1. The van der Waals surface area contributed by atoms with Crippen molar-refractivity contribution in [3.63, 3.8) is 0 Å². The molecule has 2 saturated heterocycles.